The number of carbonyl (C=O) groups is 1. The van der Waals surface area contributed by atoms with E-state index in [0.717, 1.165) is 38.5 Å². The molecule has 18 heavy (non-hydrogen) atoms. The Bertz CT molecular complexity index is 385. The third kappa shape index (κ3) is 3.38. The van der Waals surface area contributed by atoms with E-state index >= 15 is 0 Å². The first kappa shape index (κ1) is 13.2. The van der Waals surface area contributed by atoms with E-state index < -0.39 is 0 Å². The average Bonchev–Trinajstić information content (AvgIpc) is 2.86. The lowest BCUT2D eigenvalue weighted by molar-refractivity contribution is 0.0363. The second-order valence-electron chi connectivity index (χ2n) is 4.39. The number of rotatable bonds is 5. The van der Waals surface area contributed by atoms with Gasteiger partial charge in [0.25, 0.3) is 0 Å². The predicted molar refractivity (Wildman–Crippen MR) is 67.5 cm³/mol. The summed E-state index contributed by atoms with van der Waals surface area (Å²) in [6, 6.07) is 0. The van der Waals surface area contributed by atoms with Gasteiger partial charge in [-0.05, 0) is 6.54 Å². The van der Waals surface area contributed by atoms with Gasteiger partial charge in [0.2, 0.25) is 5.91 Å². The Balaban J connectivity index is 1.84. The molecule has 1 aliphatic rings. The SMILES string of the molecule is NCCc1cncn1C(=O)CCN1CCOCC1. The van der Waals surface area contributed by atoms with E-state index in [1.165, 1.54) is 0 Å². The van der Waals surface area contributed by atoms with Crippen LogP contribution in [0.1, 0.15) is 16.9 Å². The van der Waals surface area contributed by atoms with Crippen LogP contribution in [0, 0.1) is 0 Å². The Hall–Kier alpha value is -1.24. The summed E-state index contributed by atoms with van der Waals surface area (Å²) in [6.45, 7) is 4.65. The summed E-state index contributed by atoms with van der Waals surface area (Å²) in [6.07, 6.45) is 4.48. The fourth-order valence-corrected chi connectivity index (χ4v) is 2.08. The molecule has 0 unspecified atom stereocenters. The molecule has 100 valence electrons. The quantitative estimate of drug-likeness (QED) is 0.782. The fourth-order valence-electron chi connectivity index (χ4n) is 2.08. The zero-order valence-corrected chi connectivity index (χ0v) is 10.5. The van der Waals surface area contributed by atoms with Gasteiger partial charge in [-0.25, -0.2) is 4.98 Å². The van der Waals surface area contributed by atoms with Gasteiger partial charge < -0.3 is 10.5 Å². The Morgan fingerprint density at radius 1 is 1.44 bits per heavy atom. The molecule has 0 spiro atoms. The molecule has 0 bridgehead atoms. The molecule has 0 atom stereocenters. The highest BCUT2D eigenvalue weighted by atomic mass is 16.5. The predicted octanol–water partition coefficient (Wildman–Crippen LogP) is -0.253. The van der Waals surface area contributed by atoms with Crippen LogP contribution in [-0.4, -0.2) is 59.8 Å². The van der Waals surface area contributed by atoms with Gasteiger partial charge in [-0.1, -0.05) is 0 Å². The van der Waals surface area contributed by atoms with Crippen molar-refractivity contribution >= 4 is 5.91 Å². The molecule has 0 aliphatic carbocycles. The van der Waals surface area contributed by atoms with E-state index in [1.807, 2.05) is 0 Å². The molecule has 0 amide bonds. The number of nitrogens with two attached hydrogens (primary N) is 1. The third-order valence-electron chi connectivity index (χ3n) is 3.13. The van der Waals surface area contributed by atoms with Gasteiger partial charge in [-0.15, -0.1) is 0 Å². The van der Waals surface area contributed by atoms with Gasteiger partial charge in [0.05, 0.1) is 13.2 Å². The van der Waals surface area contributed by atoms with Crippen molar-refractivity contribution in [3.8, 4) is 0 Å². The highest BCUT2D eigenvalue weighted by molar-refractivity contribution is 5.79. The lowest BCUT2D eigenvalue weighted by Crippen LogP contribution is -2.38. The molecule has 1 aromatic rings. The number of hydrogen-bond acceptors (Lipinski definition) is 5. The van der Waals surface area contributed by atoms with E-state index in [1.54, 1.807) is 17.1 Å². The zero-order valence-electron chi connectivity index (χ0n) is 10.5. The Morgan fingerprint density at radius 2 is 2.22 bits per heavy atom. The van der Waals surface area contributed by atoms with Crippen molar-refractivity contribution in [1.29, 1.82) is 0 Å². The summed E-state index contributed by atoms with van der Waals surface area (Å²) in [5, 5.41) is 0. The van der Waals surface area contributed by atoms with Crippen molar-refractivity contribution in [2.24, 2.45) is 5.73 Å². The Kier molecular flexibility index (Phi) is 4.86. The fraction of sp³-hybridized carbons (Fsp3) is 0.667. The monoisotopic (exact) mass is 252 g/mol. The number of hydrogen-bond donors (Lipinski definition) is 1. The second-order valence-corrected chi connectivity index (χ2v) is 4.39. The smallest absolute Gasteiger partial charge is 0.233 e. The number of imidazole rings is 1. The van der Waals surface area contributed by atoms with Crippen LogP contribution in [0.4, 0.5) is 0 Å². The van der Waals surface area contributed by atoms with Crippen LogP contribution in [0.15, 0.2) is 12.5 Å². The van der Waals surface area contributed by atoms with Gasteiger partial charge in [0.15, 0.2) is 0 Å². The minimum atomic E-state index is 0.0856. The molecule has 6 heteroatoms. The number of ether oxygens (including phenoxy) is 1. The largest absolute Gasteiger partial charge is 0.379 e. The molecule has 6 nitrogen and oxygen atoms in total. The maximum Gasteiger partial charge on any atom is 0.233 e. The van der Waals surface area contributed by atoms with Crippen LogP contribution < -0.4 is 5.73 Å². The first-order chi connectivity index (χ1) is 8.81. The van der Waals surface area contributed by atoms with Crippen LogP contribution in [0.2, 0.25) is 0 Å². The summed E-state index contributed by atoms with van der Waals surface area (Å²) >= 11 is 0. The molecule has 1 fully saturated rings. The molecule has 2 heterocycles. The zero-order chi connectivity index (χ0) is 12.8. The van der Waals surface area contributed by atoms with Crippen molar-refractivity contribution < 1.29 is 9.53 Å². The minimum Gasteiger partial charge on any atom is -0.379 e. The summed E-state index contributed by atoms with van der Waals surface area (Å²) in [4.78, 5) is 18.3. The molecule has 1 aliphatic heterocycles. The highest BCUT2D eigenvalue weighted by Gasteiger charge is 2.14. The van der Waals surface area contributed by atoms with Crippen molar-refractivity contribution in [3.05, 3.63) is 18.2 Å². The van der Waals surface area contributed by atoms with E-state index in [2.05, 4.69) is 9.88 Å². The molecule has 0 aromatic carbocycles. The van der Waals surface area contributed by atoms with Gasteiger partial charge in [0.1, 0.15) is 6.33 Å². The molecular formula is C12H20N4O2. The van der Waals surface area contributed by atoms with Gasteiger partial charge >= 0.3 is 0 Å². The van der Waals surface area contributed by atoms with Gasteiger partial charge in [-0.3, -0.25) is 14.3 Å². The first-order valence-electron chi connectivity index (χ1n) is 6.36. The van der Waals surface area contributed by atoms with Gasteiger partial charge in [0, 0.05) is 44.4 Å². The van der Waals surface area contributed by atoms with Crippen LogP contribution in [0.3, 0.4) is 0 Å². The molecule has 2 rings (SSSR count). The van der Waals surface area contributed by atoms with Crippen molar-refractivity contribution in [2.75, 3.05) is 39.4 Å². The topological polar surface area (TPSA) is 73.4 Å². The summed E-state index contributed by atoms with van der Waals surface area (Å²) < 4.78 is 6.89. The molecule has 1 aromatic heterocycles. The summed E-state index contributed by atoms with van der Waals surface area (Å²) in [5.41, 5.74) is 6.40. The number of aromatic nitrogens is 2. The van der Waals surface area contributed by atoms with Crippen molar-refractivity contribution in [2.45, 2.75) is 12.8 Å². The lowest BCUT2D eigenvalue weighted by Gasteiger charge is -2.26. The van der Waals surface area contributed by atoms with E-state index in [4.69, 9.17) is 10.5 Å². The molecule has 2 N–H and O–H groups in total. The third-order valence-corrected chi connectivity index (χ3v) is 3.13. The van der Waals surface area contributed by atoms with Crippen molar-refractivity contribution in [1.82, 2.24) is 14.5 Å². The van der Waals surface area contributed by atoms with E-state index in [0.29, 0.717) is 19.4 Å². The molecule has 1 saturated heterocycles. The number of morpholine rings is 1. The lowest BCUT2D eigenvalue weighted by atomic mass is 10.3. The standard InChI is InChI=1S/C12H20N4O2/c13-3-1-11-9-14-10-16(11)12(17)2-4-15-5-7-18-8-6-15/h9-10H,1-8,13H2. The number of nitrogens with zero attached hydrogens (tertiary/aromatic N) is 3. The minimum absolute atomic E-state index is 0.0856. The Morgan fingerprint density at radius 3 is 2.94 bits per heavy atom. The van der Waals surface area contributed by atoms with Crippen LogP contribution in [0.25, 0.3) is 0 Å². The summed E-state index contributed by atoms with van der Waals surface area (Å²) in [5.74, 6) is 0.0856. The Labute approximate surface area is 107 Å². The van der Waals surface area contributed by atoms with Crippen LogP contribution in [-0.2, 0) is 11.2 Å². The number of carbonyl (C=O) groups excluding carboxylic acids is 1. The normalized spacial score (nSPS) is 16.9. The molecular weight excluding hydrogens is 232 g/mol. The van der Waals surface area contributed by atoms with E-state index in [9.17, 15) is 4.79 Å². The maximum absolute atomic E-state index is 12.1. The first-order valence-corrected chi connectivity index (χ1v) is 6.36. The van der Waals surface area contributed by atoms with Gasteiger partial charge in [-0.2, -0.15) is 0 Å². The van der Waals surface area contributed by atoms with Crippen LogP contribution >= 0.6 is 0 Å². The maximum atomic E-state index is 12.1. The van der Waals surface area contributed by atoms with Crippen LogP contribution in [0.5, 0.6) is 0 Å². The molecule has 0 saturated carbocycles. The highest BCUT2D eigenvalue weighted by Crippen LogP contribution is 2.04. The van der Waals surface area contributed by atoms with E-state index in [-0.39, 0.29) is 5.91 Å². The summed E-state index contributed by atoms with van der Waals surface area (Å²) in [7, 11) is 0. The molecule has 0 radical (unpaired) electrons. The van der Waals surface area contributed by atoms with Crippen molar-refractivity contribution in [3.63, 3.8) is 0 Å². The average molecular weight is 252 g/mol. The second kappa shape index (κ2) is 6.63.